The zero-order valence-corrected chi connectivity index (χ0v) is 19.7. The number of allylic oxidation sites excluding steroid dienone is 3. The molecule has 33 heavy (non-hydrogen) atoms. The third-order valence-electron chi connectivity index (χ3n) is 5.92. The Morgan fingerprint density at radius 3 is 2.45 bits per heavy atom. The number of hydrazine groups is 1. The molecule has 6 nitrogen and oxygen atoms in total. The van der Waals surface area contributed by atoms with Gasteiger partial charge >= 0.3 is 0 Å². The molecule has 2 aromatic rings. The minimum atomic E-state index is -0.703. The van der Waals surface area contributed by atoms with Crippen LogP contribution in [0, 0.1) is 16.7 Å². The van der Waals surface area contributed by atoms with Crippen LogP contribution in [-0.2, 0) is 4.79 Å². The van der Waals surface area contributed by atoms with E-state index in [4.69, 9.17) is 28.9 Å². The number of rotatable bonds is 3. The van der Waals surface area contributed by atoms with Crippen LogP contribution in [0.1, 0.15) is 48.5 Å². The van der Waals surface area contributed by atoms with E-state index in [0.717, 1.165) is 0 Å². The summed E-state index contributed by atoms with van der Waals surface area (Å²) in [6.07, 6.45) is 0.791. The molecule has 168 valence electrons. The fourth-order valence-electron chi connectivity index (χ4n) is 4.42. The summed E-state index contributed by atoms with van der Waals surface area (Å²) in [5.74, 6) is -1.18. The number of ketones is 1. The second-order valence-electron chi connectivity index (χ2n) is 8.95. The Balaban J connectivity index is 1.87. The van der Waals surface area contributed by atoms with Crippen molar-refractivity contribution in [2.75, 3.05) is 0 Å². The molecule has 0 spiro atoms. The van der Waals surface area contributed by atoms with E-state index in [1.54, 1.807) is 48.5 Å². The number of amides is 1. The number of benzene rings is 2. The topological polar surface area (TPSA) is 99.2 Å². The van der Waals surface area contributed by atoms with Gasteiger partial charge in [0.2, 0.25) is 0 Å². The Hall–Kier alpha value is -3.27. The minimum Gasteiger partial charge on any atom is -0.383 e. The van der Waals surface area contributed by atoms with Gasteiger partial charge in [-0.15, -0.1) is 0 Å². The van der Waals surface area contributed by atoms with Gasteiger partial charge in [-0.3, -0.25) is 15.0 Å². The number of Topliss-reactive ketones (excluding diaryl/α,β-unsaturated/α-hetero) is 1. The zero-order valence-electron chi connectivity index (χ0n) is 18.2. The summed E-state index contributed by atoms with van der Waals surface area (Å²) >= 11 is 12.4. The zero-order chi connectivity index (χ0) is 23.9. The fraction of sp³-hybridized carbons (Fsp3) is 0.240. The lowest BCUT2D eigenvalue weighted by atomic mass is 9.69. The van der Waals surface area contributed by atoms with Crippen molar-refractivity contribution in [2.45, 2.75) is 32.6 Å². The SMILES string of the molecule is CC1(C)CC(=O)C2=C(C1)N(NC(=O)c1ccc(Cl)cc1)C(N)=C(C#N)C2c1ccccc1Cl. The quantitative estimate of drug-likeness (QED) is 0.638. The molecular weight excluding hydrogens is 459 g/mol. The van der Waals surface area contributed by atoms with Crippen LogP contribution in [0.25, 0.3) is 0 Å². The Kier molecular flexibility index (Phi) is 5.96. The van der Waals surface area contributed by atoms with Crippen LogP contribution in [0.15, 0.2) is 71.2 Å². The van der Waals surface area contributed by atoms with E-state index in [2.05, 4.69) is 11.5 Å². The van der Waals surface area contributed by atoms with Gasteiger partial charge in [0.05, 0.1) is 23.3 Å². The molecule has 0 fully saturated rings. The van der Waals surface area contributed by atoms with Crippen molar-refractivity contribution in [1.29, 1.82) is 5.26 Å². The lowest BCUT2D eigenvalue weighted by molar-refractivity contribution is -0.118. The average molecular weight is 481 g/mol. The first-order valence-electron chi connectivity index (χ1n) is 10.4. The first kappa shape index (κ1) is 22.9. The Bertz CT molecular complexity index is 1260. The molecule has 2 aliphatic rings. The van der Waals surface area contributed by atoms with Crippen molar-refractivity contribution < 1.29 is 9.59 Å². The number of nitrogens with one attached hydrogen (secondary N) is 1. The van der Waals surface area contributed by atoms with Crippen molar-refractivity contribution in [3.8, 4) is 6.07 Å². The first-order valence-corrected chi connectivity index (χ1v) is 11.2. The maximum absolute atomic E-state index is 13.4. The summed E-state index contributed by atoms with van der Waals surface area (Å²) in [5, 5.41) is 12.4. The summed E-state index contributed by atoms with van der Waals surface area (Å²) in [4.78, 5) is 26.4. The highest BCUT2D eigenvalue weighted by Gasteiger charge is 2.45. The molecule has 1 atom stereocenters. The summed E-state index contributed by atoms with van der Waals surface area (Å²) in [6, 6.07) is 15.6. The third kappa shape index (κ3) is 4.22. The molecule has 1 aliphatic heterocycles. The predicted molar refractivity (Wildman–Crippen MR) is 127 cm³/mol. The van der Waals surface area contributed by atoms with Crippen LogP contribution in [-0.4, -0.2) is 16.7 Å². The predicted octanol–water partition coefficient (Wildman–Crippen LogP) is 5.07. The molecule has 2 aromatic carbocycles. The summed E-state index contributed by atoms with van der Waals surface area (Å²) in [6.45, 7) is 3.97. The summed E-state index contributed by atoms with van der Waals surface area (Å²) in [7, 11) is 0. The molecule has 0 radical (unpaired) electrons. The molecular formula is C25H22Cl2N4O2. The maximum Gasteiger partial charge on any atom is 0.270 e. The van der Waals surface area contributed by atoms with Gasteiger partial charge in [0, 0.05) is 27.6 Å². The highest BCUT2D eigenvalue weighted by Crippen LogP contribution is 2.49. The summed E-state index contributed by atoms with van der Waals surface area (Å²) < 4.78 is 0. The van der Waals surface area contributed by atoms with Crippen molar-refractivity contribution in [1.82, 2.24) is 10.4 Å². The summed E-state index contributed by atoms with van der Waals surface area (Å²) in [5.41, 5.74) is 11.1. The van der Waals surface area contributed by atoms with Gasteiger partial charge in [-0.2, -0.15) is 5.26 Å². The number of halogens is 2. The molecule has 1 amide bonds. The average Bonchev–Trinajstić information content (AvgIpc) is 2.75. The molecule has 8 heteroatoms. The Morgan fingerprint density at radius 2 is 1.82 bits per heavy atom. The number of nitrogens with two attached hydrogens (primary N) is 1. The third-order valence-corrected chi connectivity index (χ3v) is 6.51. The fourth-order valence-corrected chi connectivity index (χ4v) is 4.79. The van der Waals surface area contributed by atoms with Crippen LogP contribution in [0.2, 0.25) is 10.0 Å². The van der Waals surface area contributed by atoms with E-state index >= 15 is 0 Å². The van der Waals surface area contributed by atoms with Gasteiger partial charge in [-0.05, 0) is 47.7 Å². The first-order chi connectivity index (χ1) is 15.6. The molecule has 0 bridgehead atoms. The molecule has 0 saturated carbocycles. The van der Waals surface area contributed by atoms with E-state index in [1.807, 2.05) is 13.8 Å². The van der Waals surface area contributed by atoms with Crippen molar-refractivity contribution >= 4 is 34.9 Å². The number of nitriles is 1. The standard InChI is InChI=1S/C25H22Cl2N4O2/c1-25(2)11-19-22(20(32)12-25)21(16-5-3-4-6-18(16)27)17(13-28)23(29)31(19)30-24(33)14-7-9-15(26)10-8-14/h3-10,21H,11-12,29H2,1-2H3,(H,30,33). The lowest BCUT2D eigenvalue weighted by Crippen LogP contribution is -2.49. The van der Waals surface area contributed by atoms with Gasteiger partial charge in [-0.25, -0.2) is 5.01 Å². The van der Waals surface area contributed by atoms with Crippen molar-refractivity contribution in [2.24, 2.45) is 11.1 Å². The van der Waals surface area contributed by atoms with Crippen LogP contribution < -0.4 is 11.2 Å². The van der Waals surface area contributed by atoms with E-state index in [9.17, 15) is 14.9 Å². The molecule has 1 unspecified atom stereocenters. The number of carbonyl (C=O) groups is 2. The molecule has 4 rings (SSSR count). The lowest BCUT2D eigenvalue weighted by Gasteiger charge is -2.43. The van der Waals surface area contributed by atoms with Gasteiger partial charge in [0.1, 0.15) is 5.82 Å². The van der Waals surface area contributed by atoms with E-state index in [1.165, 1.54) is 5.01 Å². The molecule has 1 aliphatic carbocycles. The van der Waals surface area contributed by atoms with Crippen LogP contribution >= 0.6 is 23.2 Å². The second-order valence-corrected chi connectivity index (χ2v) is 9.79. The largest absolute Gasteiger partial charge is 0.383 e. The Labute approximate surface area is 202 Å². The molecule has 0 aromatic heterocycles. The Morgan fingerprint density at radius 1 is 1.15 bits per heavy atom. The van der Waals surface area contributed by atoms with Crippen molar-refractivity contribution in [3.63, 3.8) is 0 Å². The monoisotopic (exact) mass is 480 g/mol. The highest BCUT2D eigenvalue weighted by molar-refractivity contribution is 6.31. The molecule has 1 heterocycles. The van der Waals surface area contributed by atoms with Gasteiger partial charge in [0.25, 0.3) is 5.91 Å². The number of carbonyl (C=O) groups excluding carboxylic acids is 2. The molecule has 3 N–H and O–H groups in total. The van der Waals surface area contributed by atoms with E-state index in [-0.39, 0.29) is 22.6 Å². The normalized spacial score (nSPS) is 19.8. The van der Waals surface area contributed by atoms with Gasteiger partial charge < -0.3 is 5.73 Å². The van der Waals surface area contributed by atoms with Gasteiger partial charge in [0.15, 0.2) is 5.78 Å². The van der Waals surface area contributed by atoms with Gasteiger partial charge in [-0.1, -0.05) is 55.2 Å². The highest BCUT2D eigenvalue weighted by atomic mass is 35.5. The second kappa shape index (κ2) is 8.58. The number of hydrogen-bond acceptors (Lipinski definition) is 5. The van der Waals surface area contributed by atoms with Crippen molar-refractivity contribution in [3.05, 3.63) is 92.4 Å². The number of nitrogens with zero attached hydrogens (tertiary/aromatic N) is 2. The van der Waals surface area contributed by atoms with Crippen LogP contribution in [0.5, 0.6) is 0 Å². The molecule has 0 saturated heterocycles. The van der Waals surface area contributed by atoms with E-state index in [0.29, 0.717) is 45.3 Å². The van der Waals surface area contributed by atoms with E-state index < -0.39 is 11.8 Å². The van der Waals surface area contributed by atoms with Crippen LogP contribution in [0.3, 0.4) is 0 Å². The maximum atomic E-state index is 13.4. The minimum absolute atomic E-state index is 0.0639. The van der Waals surface area contributed by atoms with Crippen LogP contribution in [0.4, 0.5) is 0 Å². The smallest absolute Gasteiger partial charge is 0.270 e. The number of hydrogen-bond donors (Lipinski definition) is 2.